The first-order valence-electron chi connectivity index (χ1n) is 11.0. The van der Waals surface area contributed by atoms with E-state index in [9.17, 15) is 23.1 Å². The highest BCUT2D eigenvalue weighted by molar-refractivity contribution is 7.90. The standard InChI is InChI=1S/C26H25N3O6S/c1-16-6-4-5-7-24(16)36(33,34)28-25(30)18-9-8-17(23(13-18)35-3)12-19-15-27-22-11-10-20(14-21(19)22)29(2)26(31)32/h4-11,13-15,27H,12H2,1-3H3,(H,28,30)(H,31,32). The molecule has 0 spiro atoms. The zero-order valence-electron chi connectivity index (χ0n) is 19.9. The van der Waals surface area contributed by atoms with Crippen LogP contribution in [0.25, 0.3) is 10.9 Å². The van der Waals surface area contributed by atoms with Gasteiger partial charge in [-0.2, -0.15) is 0 Å². The van der Waals surface area contributed by atoms with Gasteiger partial charge in [-0.05, 0) is 60.0 Å². The van der Waals surface area contributed by atoms with Crippen LogP contribution in [0, 0.1) is 6.92 Å². The molecule has 3 N–H and O–H groups in total. The second-order valence-electron chi connectivity index (χ2n) is 8.29. The maximum atomic E-state index is 12.8. The van der Waals surface area contributed by atoms with Crippen LogP contribution in [0.5, 0.6) is 5.75 Å². The molecule has 2 amide bonds. The molecule has 36 heavy (non-hydrogen) atoms. The number of ether oxygens (including phenoxy) is 1. The number of methoxy groups -OCH3 is 1. The van der Waals surface area contributed by atoms with Gasteiger partial charge < -0.3 is 14.8 Å². The number of aromatic nitrogens is 1. The number of aromatic amines is 1. The van der Waals surface area contributed by atoms with Gasteiger partial charge in [0.25, 0.3) is 15.9 Å². The summed E-state index contributed by atoms with van der Waals surface area (Å²) in [6, 6.07) is 16.5. The van der Waals surface area contributed by atoms with Crippen molar-refractivity contribution in [1.29, 1.82) is 0 Å². The number of fused-ring (bicyclic) bond motifs is 1. The predicted molar refractivity (Wildman–Crippen MR) is 136 cm³/mol. The van der Waals surface area contributed by atoms with E-state index < -0.39 is 22.0 Å². The number of rotatable bonds is 7. The molecular weight excluding hydrogens is 482 g/mol. The summed E-state index contributed by atoms with van der Waals surface area (Å²) in [5, 5.41) is 10.1. The number of aryl methyl sites for hydroxylation is 1. The molecule has 0 radical (unpaired) electrons. The monoisotopic (exact) mass is 507 g/mol. The van der Waals surface area contributed by atoms with Crippen LogP contribution in [0.1, 0.15) is 27.0 Å². The van der Waals surface area contributed by atoms with Crippen LogP contribution >= 0.6 is 0 Å². The average Bonchev–Trinajstić information content (AvgIpc) is 3.25. The Labute approximate surface area is 208 Å². The summed E-state index contributed by atoms with van der Waals surface area (Å²) in [4.78, 5) is 28.5. The molecule has 1 heterocycles. The molecule has 0 unspecified atom stereocenters. The van der Waals surface area contributed by atoms with Crippen molar-refractivity contribution in [3.05, 3.63) is 89.1 Å². The number of hydrogen-bond acceptors (Lipinski definition) is 5. The number of H-pyrrole nitrogens is 1. The number of carboxylic acid groups (broad SMARTS) is 1. The van der Waals surface area contributed by atoms with E-state index in [0.717, 1.165) is 26.9 Å². The smallest absolute Gasteiger partial charge is 0.411 e. The van der Waals surface area contributed by atoms with E-state index in [1.807, 2.05) is 12.3 Å². The lowest BCUT2D eigenvalue weighted by atomic mass is 10.0. The summed E-state index contributed by atoms with van der Waals surface area (Å²) >= 11 is 0. The van der Waals surface area contributed by atoms with Gasteiger partial charge in [-0.25, -0.2) is 17.9 Å². The first-order valence-corrected chi connectivity index (χ1v) is 12.5. The zero-order valence-corrected chi connectivity index (χ0v) is 20.7. The second kappa shape index (κ2) is 9.74. The van der Waals surface area contributed by atoms with Gasteiger partial charge in [-0.3, -0.25) is 9.69 Å². The number of carbonyl (C=O) groups excluding carboxylic acids is 1. The average molecular weight is 508 g/mol. The van der Waals surface area contributed by atoms with Gasteiger partial charge in [0.05, 0.1) is 12.0 Å². The molecule has 3 aromatic carbocycles. The van der Waals surface area contributed by atoms with Crippen LogP contribution in [0.4, 0.5) is 10.5 Å². The molecule has 0 bridgehead atoms. The zero-order chi connectivity index (χ0) is 26.0. The molecule has 0 saturated heterocycles. The van der Waals surface area contributed by atoms with Gasteiger partial charge in [0.2, 0.25) is 0 Å². The van der Waals surface area contributed by atoms with Crippen molar-refractivity contribution in [2.24, 2.45) is 0 Å². The third-order valence-corrected chi connectivity index (χ3v) is 7.46. The fourth-order valence-electron chi connectivity index (χ4n) is 3.96. The quantitative estimate of drug-likeness (QED) is 0.342. The Morgan fingerprint density at radius 3 is 2.50 bits per heavy atom. The van der Waals surface area contributed by atoms with Crippen LogP contribution in [-0.4, -0.2) is 44.7 Å². The van der Waals surface area contributed by atoms with Crippen molar-refractivity contribution >= 4 is 38.6 Å². The topological polar surface area (TPSA) is 129 Å². The van der Waals surface area contributed by atoms with Gasteiger partial charge in [0.15, 0.2) is 0 Å². The maximum absolute atomic E-state index is 12.8. The van der Waals surface area contributed by atoms with Crippen LogP contribution in [0.2, 0.25) is 0 Å². The third kappa shape index (κ3) is 4.89. The van der Waals surface area contributed by atoms with Crippen molar-refractivity contribution in [3.63, 3.8) is 0 Å². The molecule has 10 heteroatoms. The van der Waals surface area contributed by atoms with Gasteiger partial charge >= 0.3 is 6.09 Å². The van der Waals surface area contributed by atoms with Crippen LogP contribution in [-0.2, 0) is 16.4 Å². The number of anilines is 1. The Morgan fingerprint density at radius 2 is 1.81 bits per heavy atom. The van der Waals surface area contributed by atoms with E-state index in [0.29, 0.717) is 23.4 Å². The SMILES string of the molecule is COc1cc(C(=O)NS(=O)(=O)c2ccccc2C)ccc1Cc1c[nH]c2ccc(N(C)C(=O)O)cc12. The Hall–Kier alpha value is -4.31. The highest BCUT2D eigenvalue weighted by Crippen LogP contribution is 2.29. The lowest BCUT2D eigenvalue weighted by molar-refractivity contribution is 0.0981. The summed E-state index contributed by atoms with van der Waals surface area (Å²) in [6.45, 7) is 1.66. The van der Waals surface area contributed by atoms with Gasteiger partial charge in [0.1, 0.15) is 5.75 Å². The molecule has 0 aliphatic rings. The Kier molecular flexibility index (Phi) is 6.71. The van der Waals surface area contributed by atoms with E-state index in [2.05, 4.69) is 9.71 Å². The number of nitrogens with zero attached hydrogens (tertiary/aromatic N) is 1. The summed E-state index contributed by atoms with van der Waals surface area (Å²) < 4.78 is 33.0. The summed E-state index contributed by atoms with van der Waals surface area (Å²) in [6.07, 6.45) is 1.21. The number of nitrogens with one attached hydrogen (secondary N) is 2. The first kappa shape index (κ1) is 24.8. The van der Waals surface area contributed by atoms with Gasteiger partial charge in [0, 0.05) is 41.8 Å². The summed E-state index contributed by atoms with van der Waals surface area (Å²) in [5.74, 6) is -0.347. The molecule has 9 nitrogen and oxygen atoms in total. The van der Waals surface area contributed by atoms with Crippen LogP contribution in [0.3, 0.4) is 0 Å². The van der Waals surface area contributed by atoms with E-state index >= 15 is 0 Å². The maximum Gasteiger partial charge on any atom is 0.411 e. The fourth-order valence-corrected chi connectivity index (χ4v) is 5.18. The molecule has 0 aliphatic heterocycles. The minimum Gasteiger partial charge on any atom is -0.496 e. The fraction of sp³-hybridized carbons (Fsp3) is 0.154. The highest BCUT2D eigenvalue weighted by Gasteiger charge is 2.21. The third-order valence-electron chi connectivity index (χ3n) is 5.97. The number of benzene rings is 3. The molecule has 186 valence electrons. The number of hydrogen-bond donors (Lipinski definition) is 3. The number of amides is 2. The van der Waals surface area contributed by atoms with Crippen molar-refractivity contribution in [2.45, 2.75) is 18.2 Å². The number of carbonyl (C=O) groups is 2. The van der Waals surface area contributed by atoms with Gasteiger partial charge in [-0.1, -0.05) is 24.3 Å². The molecule has 0 saturated carbocycles. The van der Waals surface area contributed by atoms with Crippen molar-refractivity contribution in [2.75, 3.05) is 19.1 Å². The summed E-state index contributed by atoms with van der Waals surface area (Å²) in [7, 11) is -1.09. The van der Waals surface area contributed by atoms with E-state index in [-0.39, 0.29) is 10.5 Å². The Balaban J connectivity index is 1.60. The molecular formula is C26H25N3O6S. The van der Waals surface area contributed by atoms with E-state index in [1.165, 1.54) is 26.3 Å². The van der Waals surface area contributed by atoms with Crippen molar-refractivity contribution in [1.82, 2.24) is 9.71 Å². The van der Waals surface area contributed by atoms with Crippen LogP contribution in [0.15, 0.2) is 71.8 Å². The van der Waals surface area contributed by atoms with Gasteiger partial charge in [-0.15, -0.1) is 0 Å². The van der Waals surface area contributed by atoms with E-state index in [1.54, 1.807) is 49.4 Å². The summed E-state index contributed by atoms with van der Waals surface area (Å²) in [5.41, 5.74) is 3.73. The molecule has 4 aromatic rings. The second-order valence-corrected chi connectivity index (χ2v) is 9.94. The lowest BCUT2D eigenvalue weighted by Crippen LogP contribution is -2.31. The van der Waals surface area contributed by atoms with Crippen molar-refractivity contribution in [3.8, 4) is 5.75 Å². The van der Waals surface area contributed by atoms with Crippen molar-refractivity contribution < 1.29 is 27.9 Å². The predicted octanol–water partition coefficient (Wildman–Crippen LogP) is 4.31. The number of sulfonamides is 1. The minimum absolute atomic E-state index is 0.0363. The molecule has 0 atom stereocenters. The molecule has 0 fully saturated rings. The normalized spacial score (nSPS) is 11.3. The Bertz CT molecular complexity index is 1580. The lowest BCUT2D eigenvalue weighted by Gasteiger charge is -2.14. The molecule has 0 aliphatic carbocycles. The van der Waals surface area contributed by atoms with Crippen LogP contribution < -0.4 is 14.4 Å². The molecule has 1 aromatic heterocycles. The highest BCUT2D eigenvalue weighted by atomic mass is 32.2. The minimum atomic E-state index is -4.04. The Morgan fingerprint density at radius 1 is 1.06 bits per heavy atom. The largest absolute Gasteiger partial charge is 0.496 e. The first-order chi connectivity index (χ1) is 17.1. The molecule has 4 rings (SSSR count). The van der Waals surface area contributed by atoms with E-state index in [4.69, 9.17) is 4.74 Å².